The monoisotopic (exact) mass is 353 g/mol. The maximum Gasteiger partial charge on any atom is 0.279 e. The number of thiocarbonyl (C=S) groups is 1. The number of hydrogen-bond acceptors (Lipinski definition) is 3. The topological polar surface area (TPSA) is 53.2 Å². The van der Waals surface area contributed by atoms with Gasteiger partial charge in [-0.05, 0) is 61.5 Å². The van der Waals surface area contributed by atoms with Gasteiger partial charge < -0.3 is 5.32 Å². The third-order valence-corrected chi connectivity index (χ3v) is 4.79. The third-order valence-electron chi connectivity index (χ3n) is 2.96. The van der Waals surface area contributed by atoms with Gasteiger partial charge in [-0.25, -0.2) is 0 Å². The van der Waals surface area contributed by atoms with Gasteiger partial charge in [-0.15, -0.1) is 11.3 Å². The normalized spacial score (nSPS) is 10.1. The fraction of sp³-hybridized carbons (Fsp3) is 0.200. The minimum absolute atomic E-state index is 0.201. The van der Waals surface area contributed by atoms with Crippen LogP contribution in [-0.4, -0.2) is 11.0 Å². The van der Waals surface area contributed by atoms with E-state index in [1.165, 1.54) is 16.2 Å². The standard InChI is InChI=1S/C15H16ClN3OS2/c1-3-12-9(2)8-13(22-12)14(20)18-19-15(21)17-11-6-4-10(16)5-7-11/h4-8H,3H2,1-2H3,(H,18,20)(H2,17,19,21). The lowest BCUT2D eigenvalue weighted by Crippen LogP contribution is -2.43. The van der Waals surface area contributed by atoms with Crippen LogP contribution >= 0.6 is 35.2 Å². The molecule has 4 nitrogen and oxygen atoms in total. The first-order chi connectivity index (χ1) is 10.5. The molecule has 0 unspecified atom stereocenters. The van der Waals surface area contributed by atoms with E-state index in [2.05, 4.69) is 23.1 Å². The van der Waals surface area contributed by atoms with E-state index in [-0.39, 0.29) is 5.91 Å². The number of carbonyl (C=O) groups excluding carboxylic acids is 1. The Morgan fingerprint density at radius 3 is 2.55 bits per heavy atom. The maximum absolute atomic E-state index is 12.1. The molecule has 0 saturated carbocycles. The summed E-state index contributed by atoms with van der Waals surface area (Å²) in [7, 11) is 0. The molecule has 1 amide bonds. The second-order valence-electron chi connectivity index (χ2n) is 4.61. The van der Waals surface area contributed by atoms with Gasteiger partial charge in [-0.2, -0.15) is 0 Å². The van der Waals surface area contributed by atoms with Gasteiger partial charge >= 0.3 is 0 Å². The summed E-state index contributed by atoms with van der Waals surface area (Å²) >= 11 is 12.4. The fourth-order valence-electron chi connectivity index (χ4n) is 1.85. The van der Waals surface area contributed by atoms with E-state index in [1.54, 1.807) is 24.3 Å². The van der Waals surface area contributed by atoms with Gasteiger partial charge in [0.15, 0.2) is 5.11 Å². The zero-order valence-electron chi connectivity index (χ0n) is 12.2. The lowest BCUT2D eigenvalue weighted by molar-refractivity contribution is 0.0948. The molecule has 0 aliphatic heterocycles. The van der Waals surface area contributed by atoms with Crippen molar-refractivity contribution in [2.45, 2.75) is 20.3 Å². The molecule has 3 N–H and O–H groups in total. The van der Waals surface area contributed by atoms with Crippen LogP contribution in [0.25, 0.3) is 0 Å². The lowest BCUT2D eigenvalue weighted by Gasteiger charge is -2.11. The summed E-state index contributed by atoms with van der Waals surface area (Å²) in [5.41, 5.74) is 7.20. The first-order valence-corrected chi connectivity index (χ1v) is 8.32. The maximum atomic E-state index is 12.1. The molecule has 0 spiro atoms. The molecule has 0 saturated heterocycles. The summed E-state index contributed by atoms with van der Waals surface area (Å²) < 4.78 is 0. The van der Waals surface area contributed by atoms with Gasteiger partial charge in [0.25, 0.3) is 5.91 Å². The Hall–Kier alpha value is -1.63. The van der Waals surface area contributed by atoms with Crippen LogP contribution < -0.4 is 16.2 Å². The lowest BCUT2D eigenvalue weighted by atomic mass is 10.2. The van der Waals surface area contributed by atoms with Crippen LogP contribution in [0, 0.1) is 6.92 Å². The summed E-state index contributed by atoms with van der Waals surface area (Å²) in [6, 6.07) is 9.00. The summed E-state index contributed by atoms with van der Waals surface area (Å²) in [5.74, 6) is -0.201. The van der Waals surface area contributed by atoms with Crippen molar-refractivity contribution in [2.75, 3.05) is 5.32 Å². The van der Waals surface area contributed by atoms with Gasteiger partial charge in [-0.1, -0.05) is 18.5 Å². The smallest absolute Gasteiger partial charge is 0.279 e. The van der Waals surface area contributed by atoms with E-state index in [9.17, 15) is 4.79 Å². The molecule has 0 aliphatic carbocycles. The number of amides is 1. The molecule has 1 heterocycles. The van der Waals surface area contributed by atoms with E-state index in [1.807, 2.05) is 13.0 Å². The van der Waals surface area contributed by atoms with E-state index in [0.717, 1.165) is 17.7 Å². The molecule has 22 heavy (non-hydrogen) atoms. The minimum atomic E-state index is -0.201. The molecule has 7 heteroatoms. The first kappa shape index (κ1) is 16.7. The zero-order chi connectivity index (χ0) is 16.1. The highest BCUT2D eigenvalue weighted by Gasteiger charge is 2.11. The molecule has 0 aliphatic rings. The Labute approximate surface area is 143 Å². The number of nitrogens with one attached hydrogen (secondary N) is 3. The molecule has 0 radical (unpaired) electrons. The van der Waals surface area contributed by atoms with Crippen molar-refractivity contribution < 1.29 is 4.79 Å². The van der Waals surface area contributed by atoms with E-state index >= 15 is 0 Å². The number of halogens is 1. The van der Waals surface area contributed by atoms with Gasteiger partial charge in [0.2, 0.25) is 0 Å². The number of thiophene rings is 1. The van der Waals surface area contributed by atoms with Crippen molar-refractivity contribution in [1.82, 2.24) is 10.9 Å². The van der Waals surface area contributed by atoms with Crippen LogP contribution in [0.1, 0.15) is 27.0 Å². The SMILES string of the molecule is CCc1sc(C(=O)NNC(=S)Nc2ccc(Cl)cc2)cc1C. The molecule has 116 valence electrons. The second kappa shape index (κ2) is 7.58. The Bertz CT molecular complexity index is 683. The molecule has 1 aromatic heterocycles. The molecule has 2 rings (SSSR count). The molecular weight excluding hydrogens is 338 g/mol. The number of hydrogen-bond donors (Lipinski definition) is 3. The van der Waals surface area contributed by atoms with Crippen molar-refractivity contribution in [3.8, 4) is 0 Å². The zero-order valence-corrected chi connectivity index (χ0v) is 14.6. The highest BCUT2D eigenvalue weighted by Crippen LogP contribution is 2.22. The average molecular weight is 354 g/mol. The Morgan fingerprint density at radius 1 is 1.27 bits per heavy atom. The third kappa shape index (κ3) is 4.43. The van der Waals surface area contributed by atoms with Crippen molar-refractivity contribution >= 4 is 51.9 Å². The van der Waals surface area contributed by atoms with E-state index in [4.69, 9.17) is 23.8 Å². The predicted octanol–water partition coefficient (Wildman–Crippen LogP) is 3.90. The van der Waals surface area contributed by atoms with Crippen LogP contribution in [0.5, 0.6) is 0 Å². The van der Waals surface area contributed by atoms with Gasteiger partial charge in [0, 0.05) is 15.6 Å². The molecular formula is C15H16ClN3OS2. The number of carbonyl (C=O) groups is 1. The van der Waals surface area contributed by atoms with E-state index in [0.29, 0.717) is 15.0 Å². The van der Waals surface area contributed by atoms with Crippen LogP contribution in [0.4, 0.5) is 5.69 Å². The van der Waals surface area contributed by atoms with Crippen molar-refractivity contribution in [2.24, 2.45) is 0 Å². The summed E-state index contributed by atoms with van der Waals surface area (Å²) in [6.07, 6.45) is 0.924. The summed E-state index contributed by atoms with van der Waals surface area (Å²) in [5, 5.41) is 3.91. The van der Waals surface area contributed by atoms with Crippen LogP contribution in [0.3, 0.4) is 0 Å². The first-order valence-electron chi connectivity index (χ1n) is 6.71. The Morgan fingerprint density at radius 2 is 1.95 bits per heavy atom. The molecule has 0 fully saturated rings. The van der Waals surface area contributed by atoms with Crippen molar-refractivity contribution in [3.05, 3.63) is 50.7 Å². The Balaban J connectivity index is 1.87. The summed E-state index contributed by atoms with van der Waals surface area (Å²) in [6.45, 7) is 4.08. The average Bonchev–Trinajstić information content (AvgIpc) is 2.88. The van der Waals surface area contributed by atoms with Gasteiger partial charge in [-0.3, -0.25) is 15.6 Å². The number of benzene rings is 1. The molecule has 0 bridgehead atoms. The highest BCUT2D eigenvalue weighted by molar-refractivity contribution is 7.80. The van der Waals surface area contributed by atoms with Gasteiger partial charge in [0.05, 0.1) is 4.88 Å². The fourth-order valence-corrected chi connectivity index (χ4v) is 3.16. The van der Waals surface area contributed by atoms with Crippen LogP contribution in [0.15, 0.2) is 30.3 Å². The number of hydrazine groups is 1. The van der Waals surface area contributed by atoms with Gasteiger partial charge in [0.1, 0.15) is 0 Å². The number of anilines is 1. The van der Waals surface area contributed by atoms with Crippen LogP contribution in [0.2, 0.25) is 5.02 Å². The second-order valence-corrected chi connectivity index (χ2v) is 6.59. The largest absolute Gasteiger partial charge is 0.331 e. The number of aryl methyl sites for hydroxylation is 2. The quantitative estimate of drug-likeness (QED) is 0.578. The molecule has 1 aromatic carbocycles. The van der Waals surface area contributed by atoms with E-state index < -0.39 is 0 Å². The Kier molecular flexibility index (Phi) is 5.76. The number of rotatable bonds is 3. The highest BCUT2D eigenvalue weighted by atomic mass is 35.5. The predicted molar refractivity (Wildman–Crippen MR) is 96.7 cm³/mol. The summed E-state index contributed by atoms with van der Waals surface area (Å²) in [4.78, 5) is 13.9. The molecule has 2 aromatic rings. The minimum Gasteiger partial charge on any atom is -0.331 e. The van der Waals surface area contributed by atoms with Crippen molar-refractivity contribution in [1.29, 1.82) is 0 Å². The van der Waals surface area contributed by atoms with Crippen molar-refractivity contribution in [3.63, 3.8) is 0 Å². The van der Waals surface area contributed by atoms with Crippen LogP contribution in [-0.2, 0) is 6.42 Å². The molecule has 0 atom stereocenters.